The molecular formula is C44H74O19. The fourth-order valence-corrected chi connectivity index (χ4v) is 13.8. The van der Waals surface area contributed by atoms with Crippen molar-refractivity contribution < 1.29 is 94.4 Å². The van der Waals surface area contributed by atoms with Crippen LogP contribution < -0.4 is 0 Å². The summed E-state index contributed by atoms with van der Waals surface area (Å²) >= 11 is 0. The van der Waals surface area contributed by atoms with Gasteiger partial charge >= 0.3 is 0 Å². The van der Waals surface area contributed by atoms with Gasteiger partial charge in [0, 0.05) is 12.3 Å². The van der Waals surface area contributed by atoms with Gasteiger partial charge in [-0.25, -0.2) is 0 Å². The summed E-state index contributed by atoms with van der Waals surface area (Å²) in [4.78, 5) is 0. The molecule has 19 heteroatoms. The summed E-state index contributed by atoms with van der Waals surface area (Å²) in [7, 11) is 0. The molecule has 0 radical (unpaired) electrons. The van der Waals surface area contributed by atoms with E-state index in [1.807, 2.05) is 6.92 Å². The van der Waals surface area contributed by atoms with Gasteiger partial charge in [-0.3, -0.25) is 0 Å². The van der Waals surface area contributed by atoms with Crippen molar-refractivity contribution in [3.05, 3.63) is 0 Å². The monoisotopic (exact) mass is 906 g/mol. The second-order valence-corrected chi connectivity index (χ2v) is 21.2. The first-order chi connectivity index (χ1) is 29.7. The van der Waals surface area contributed by atoms with Crippen LogP contribution in [0.15, 0.2) is 0 Å². The van der Waals surface area contributed by atoms with Crippen molar-refractivity contribution in [1.82, 2.24) is 0 Å². The predicted octanol–water partition coefficient (Wildman–Crippen LogP) is -2.17. The van der Waals surface area contributed by atoms with Gasteiger partial charge in [0.2, 0.25) is 0 Å². The summed E-state index contributed by atoms with van der Waals surface area (Å²) in [5.41, 5.74) is -0.225. The molecule has 4 saturated heterocycles. The molecule has 19 nitrogen and oxygen atoms in total. The molecule has 4 saturated carbocycles. The van der Waals surface area contributed by atoms with Crippen molar-refractivity contribution in [2.75, 3.05) is 26.4 Å². The van der Waals surface area contributed by atoms with Crippen LogP contribution in [-0.4, -0.2) is 198 Å². The van der Waals surface area contributed by atoms with Gasteiger partial charge in [-0.1, -0.05) is 27.7 Å². The number of rotatable bonds is 12. The van der Waals surface area contributed by atoms with Crippen LogP contribution in [0.5, 0.6) is 0 Å². The van der Waals surface area contributed by atoms with Crippen LogP contribution in [0.25, 0.3) is 0 Å². The van der Waals surface area contributed by atoms with Crippen molar-refractivity contribution in [3.63, 3.8) is 0 Å². The zero-order valence-electron chi connectivity index (χ0n) is 36.8. The third kappa shape index (κ3) is 8.69. The molecule has 12 N–H and O–H groups in total. The maximum Gasteiger partial charge on any atom is 0.187 e. The first-order valence-electron chi connectivity index (χ1n) is 23.3. The molecule has 8 rings (SSSR count). The van der Waals surface area contributed by atoms with Gasteiger partial charge in [0.1, 0.15) is 67.1 Å². The van der Waals surface area contributed by atoms with Crippen LogP contribution >= 0.6 is 0 Å². The van der Waals surface area contributed by atoms with E-state index in [1.54, 1.807) is 0 Å². The highest BCUT2D eigenvalue weighted by Crippen LogP contribution is 2.71. The molecule has 27 atom stereocenters. The summed E-state index contributed by atoms with van der Waals surface area (Å²) < 4.78 is 40.9. The van der Waals surface area contributed by atoms with Crippen LogP contribution in [0.2, 0.25) is 0 Å². The Bertz CT molecular complexity index is 1550. The van der Waals surface area contributed by atoms with Gasteiger partial charge in [-0.05, 0) is 97.7 Å². The zero-order valence-corrected chi connectivity index (χ0v) is 36.8. The van der Waals surface area contributed by atoms with Gasteiger partial charge in [0.25, 0.3) is 0 Å². The van der Waals surface area contributed by atoms with E-state index in [1.165, 1.54) is 0 Å². The smallest absolute Gasteiger partial charge is 0.187 e. The zero-order chi connectivity index (χ0) is 45.5. The molecule has 0 unspecified atom stereocenters. The van der Waals surface area contributed by atoms with E-state index in [0.29, 0.717) is 43.4 Å². The topological polar surface area (TPSA) is 307 Å². The van der Waals surface area contributed by atoms with Crippen molar-refractivity contribution in [2.45, 2.75) is 196 Å². The third-order valence-corrected chi connectivity index (χ3v) is 17.6. The van der Waals surface area contributed by atoms with Crippen molar-refractivity contribution in [1.29, 1.82) is 0 Å². The summed E-state index contributed by atoms with van der Waals surface area (Å²) in [5.74, 6) is 0.0396. The Hall–Kier alpha value is -0.760. The van der Waals surface area contributed by atoms with Gasteiger partial charge < -0.3 is 94.4 Å². The SMILES string of the molecule is C[C@@H](CC[C@]1(O)O[C@H]2C[C@@H]3[C@@H]4CC[C@H]5C[C@@H](O[C@@H]6O[C@H](CO[C@@H]7OC[C@@H](O)[C@H](O)[C@H]7O)[C@@H](O)[C@H](O)[C@H]6O)[C@@H](O)C[C@]5(C)[C@H]4CC[C@]3(C)[C@H]2[C@@H]1C)CO[C@@H]1O[C@H](CO)[C@@H](O)[C@H](O)[C@H]1O. The molecule has 4 aliphatic carbocycles. The highest BCUT2D eigenvalue weighted by molar-refractivity contribution is 5.15. The molecule has 0 aromatic heterocycles. The molecule has 0 aromatic rings. The molecule has 0 amide bonds. The number of fused-ring (bicyclic) bond motifs is 7. The van der Waals surface area contributed by atoms with Crippen molar-refractivity contribution >= 4 is 0 Å². The molecule has 0 spiro atoms. The van der Waals surface area contributed by atoms with Gasteiger partial charge in [-0.2, -0.15) is 0 Å². The first kappa shape index (κ1) is 48.7. The summed E-state index contributed by atoms with van der Waals surface area (Å²) in [6.45, 7) is 7.67. The normalized spacial score (nSPS) is 56.3. The third-order valence-electron chi connectivity index (χ3n) is 17.6. The molecular weight excluding hydrogens is 832 g/mol. The van der Waals surface area contributed by atoms with E-state index in [9.17, 15) is 61.3 Å². The second kappa shape index (κ2) is 18.6. The van der Waals surface area contributed by atoms with Crippen LogP contribution in [0.1, 0.15) is 85.5 Å². The fourth-order valence-electron chi connectivity index (χ4n) is 13.8. The summed E-state index contributed by atoms with van der Waals surface area (Å²) in [6, 6.07) is 0. The Kier molecular flexibility index (Phi) is 14.4. The maximum absolute atomic E-state index is 12.0. The summed E-state index contributed by atoms with van der Waals surface area (Å²) in [6.07, 6.45) is -14.9. The molecule has 4 aliphatic heterocycles. The van der Waals surface area contributed by atoms with E-state index in [2.05, 4.69) is 20.8 Å². The van der Waals surface area contributed by atoms with Crippen LogP contribution in [0.4, 0.5) is 0 Å². The number of hydrogen-bond donors (Lipinski definition) is 12. The Morgan fingerprint density at radius 2 is 1.37 bits per heavy atom. The van der Waals surface area contributed by atoms with E-state index < -0.39 is 117 Å². The number of aliphatic hydroxyl groups excluding tert-OH is 11. The molecule has 0 aromatic carbocycles. The quantitative estimate of drug-likeness (QED) is 0.0928. The molecule has 4 heterocycles. The lowest BCUT2D eigenvalue weighted by molar-refractivity contribution is -0.336. The Balaban J connectivity index is 0.848. The average Bonchev–Trinajstić information content (AvgIpc) is 3.69. The molecule has 0 bridgehead atoms. The largest absolute Gasteiger partial charge is 0.394 e. The summed E-state index contributed by atoms with van der Waals surface area (Å²) in [5, 5.41) is 126. The molecule has 63 heavy (non-hydrogen) atoms. The predicted molar refractivity (Wildman–Crippen MR) is 214 cm³/mol. The molecule has 364 valence electrons. The maximum atomic E-state index is 12.0. The first-order valence-corrected chi connectivity index (χ1v) is 23.3. The van der Waals surface area contributed by atoms with E-state index >= 15 is 0 Å². The van der Waals surface area contributed by atoms with Gasteiger partial charge in [0.15, 0.2) is 24.7 Å². The minimum absolute atomic E-state index is 0.0436. The van der Waals surface area contributed by atoms with E-state index in [0.717, 1.165) is 32.1 Å². The highest BCUT2D eigenvalue weighted by atomic mass is 16.7. The Morgan fingerprint density at radius 3 is 2.08 bits per heavy atom. The second-order valence-electron chi connectivity index (χ2n) is 21.2. The number of aliphatic hydroxyl groups is 12. The van der Waals surface area contributed by atoms with Gasteiger partial charge in [-0.15, -0.1) is 0 Å². The molecule has 8 aliphatic rings. The Morgan fingerprint density at radius 1 is 0.698 bits per heavy atom. The number of hydrogen-bond acceptors (Lipinski definition) is 19. The average molecular weight is 907 g/mol. The standard InChI is InChI=1S/C44H74O19/c1-18(15-57-40-37(54)34(51)32(49)28(14-45)61-40)7-10-44(56)19(2)30-27(63-44)12-23-21-6-5-20-11-26(24(46)13-43(20,4)22(21)8-9-42(23,30)3)60-41-38(55)35(52)33(50)29(62-41)17-59-39-36(53)31(48)25(47)16-58-39/h18-41,45-56H,5-17H2,1-4H3/t18-,19-,20-,21+,22-,23+,24-,25+,26+,27-,28+,29+,30-,31-,32+,33+,34-,35-,36+,37+,38+,39-,40+,41+,42-,43-,44-/m0/s1. The fraction of sp³-hybridized carbons (Fsp3) is 1.00. The van der Waals surface area contributed by atoms with E-state index in [4.69, 9.17) is 33.2 Å². The van der Waals surface area contributed by atoms with Crippen LogP contribution in [0.3, 0.4) is 0 Å². The lowest BCUT2D eigenvalue weighted by atomic mass is 9.44. The lowest BCUT2D eigenvalue weighted by Gasteiger charge is -2.62. The van der Waals surface area contributed by atoms with Crippen LogP contribution in [-0.2, 0) is 33.2 Å². The van der Waals surface area contributed by atoms with Crippen LogP contribution in [0, 0.1) is 52.3 Å². The van der Waals surface area contributed by atoms with Crippen molar-refractivity contribution in [3.8, 4) is 0 Å². The minimum Gasteiger partial charge on any atom is -0.394 e. The van der Waals surface area contributed by atoms with Crippen molar-refractivity contribution in [2.24, 2.45) is 52.3 Å². The number of ether oxygens (including phenoxy) is 7. The van der Waals surface area contributed by atoms with Gasteiger partial charge in [0.05, 0.1) is 44.7 Å². The highest BCUT2D eigenvalue weighted by Gasteiger charge is 2.69. The minimum atomic E-state index is -1.66. The Labute approximate surface area is 368 Å². The van der Waals surface area contributed by atoms with E-state index in [-0.39, 0.29) is 53.8 Å². The lowest BCUT2D eigenvalue weighted by Crippen LogP contribution is -2.62. The molecule has 8 fully saturated rings.